The van der Waals surface area contributed by atoms with Gasteiger partial charge in [-0.3, -0.25) is 14.3 Å². The van der Waals surface area contributed by atoms with E-state index in [9.17, 15) is 9.59 Å². The van der Waals surface area contributed by atoms with Gasteiger partial charge in [0.05, 0.1) is 5.69 Å². The zero-order chi connectivity index (χ0) is 21.1. The smallest absolute Gasteiger partial charge is 0.272 e. The van der Waals surface area contributed by atoms with Crippen LogP contribution in [0, 0.1) is 12.8 Å². The Bertz CT molecular complexity index is 890. The maximum absolute atomic E-state index is 12.7. The molecule has 1 aliphatic carbocycles. The van der Waals surface area contributed by atoms with Crippen LogP contribution in [0.2, 0.25) is 0 Å². The van der Waals surface area contributed by atoms with Gasteiger partial charge in [0, 0.05) is 32.6 Å². The average Bonchev–Trinajstić information content (AvgIpc) is 3.48. The Morgan fingerprint density at radius 2 is 1.73 bits per heavy atom. The van der Waals surface area contributed by atoms with Gasteiger partial charge in [0.2, 0.25) is 5.91 Å². The number of aryl methyl sites for hydroxylation is 3. The Morgan fingerprint density at radius 3 is 2.33 bits per heavy atom. The number of rotatable bonds is 7. The summed E-state index contributed by atoms with van der Waals surface area (Å²) in [5.74, 6) is 0.869. The number of hydrogen-bond acceptors (Lipinski definition) is 3. The zero-order valence-corrected chi connectivity index (χ0v) is 18.1. The Morgan fingerprint density at radius 1 is 1.07 bits per heavy atom. The first-order valence-electron chi connectivity index (χ1n) is 11.1. The topological polar surface area (TPSA) is 67.2 Å². The number of aromatic nitrogens is 2. The molecule has 1 saturated heterocycles. The van der Waals surface area contributed by atoms with E-state index in [0.29, 0.717) is 24.1 Å². The highest BCUT2D eigenvalue weighted by Crippen LogP contribution is 2.23. The van der Waals surface area contributed by atoms with E-state index < -0.39 is 0 Å². The van der Waals surface area contributed by atoms with Gasteiger partial charge < -0.3 is 10.2 Å². The molecule has 1 N–H and O–H groups in total. The fourth-order valence-electron chi connectivity index (χ4n) is 4.27. The van der Waals surface area contributed by atoms with Crippen molar-refractivity contribution >= 4 is 11.8 Å². The van der Waals surface area contributed by atoms with Gasteiger partial charge in [-0.05, 0) is 68.6 Å². The van der Waals surface area contributed by atoms with Gasteiger partial charge in [0.1, 0.15) is 5.69 Å². The molecule has 2 amide bonds. The van der Waals surface area contributed by atoms with Crippen molar-refractivity contribution in [2.45, 2.75) is 57.9 Å². The van der Waals surface area contributed by atoms with Crippen LogP contribution in [0.5, 0.6) is 0 Å². The number of benzene rings is 1. The Kier molecular flexibility index (Phi) is 6.21. The van der Waals surface area contributed by atoms with Crippen LogP contribution in [0.1, 0.15) is 59.4 Å². The number of amides is 2. The molecule has 2 heterocycles. The SMILES string of the molecule is Cc1cc(C(=O)N2CCC(Cc3ccc(CCC(=O)NC4CC4)cc3)CC2)n(C)n1. The lowest BCUT2D eigenvalue weighted by molar-refractivity contribution is -0.121. The molecule has 1 aliphatic heterocycles. The molecule has 1 aromatic heterocycles. The minimum atomic E-state index is 0.0895. The van der Waals surface area contributed by atoms with Crippen molar-refractivity contribution in [2.75, 3.05) is 13.1 Å². The van der Waals surface area contributed by atoms with E-state index in [2.05, 4.69) is 34.7 Å². The molecule has 4 rings (SSSR count). The number of nitrogens with one attached hydrogen (secondary N) is 1. The van der Waals surface area contributed by atoms with E-state index >= 15 is 0 Å². The highest BCUT2D eigenvalue weighted by Gasteiger charge is 2.26. The van der Waals surface area contributed by atoms with Crippen LogP contribution in [-0.2, 0) is 24.7 Å². The van der Waals surface area contributed by atoms with Crippen LogP contribution >= 0.6 is 0 Å². The molecule has 6 nitrogen and oxygen atoms in total. The van der Waals surface area contributed by atoms with Crippen molar-refractivity contribution in [1.82, 2.24) is 20.0 Å². The highest BCUT2D eigenvalue weighted by molar-refractivity contribution is 5.92. The van der Waals surface area contributed by atoms with Crippen LogP contribution in [0.4, 0.5) is 0 Å². The lowest BCUT2D eigenvalue weighted by atomic mass is 9.89. The molecule has 0 radical (unpaired) electrons. The number of likely N-dealkylation sites (tertiary alicyclic amines) is 1. The normalized spacial score (nSPS) is 17.2. The number of carbonyl (C=O) groups excluding carboxylic acids is 2. The lowest BCUT2D eigenvalue weighted by Crippen LogP contribution is -2.39. The molecule has 1 saturated carbocycles. The second-order valence-electron chi connectivity index (χ2n) is 8.89. The lowest BCUT2D eigenvalue weighted by Gasteiger charge is -2.32. The standard InChI is InChI=1S/C24H32N4O2/c1-17-15-22(27(2)26-17)24(30)28-13-11-20(12-14-28)16-19-5-3-18(4-6-19)7-10-23(29)25-21-8-9-21/h3-6,15,20-21H,7-14,16H2,1-2H3,(H,25,29). The average molecular weight is 409 g/mol. The molecule has 2 aliphatic rings. The molecule has 0 atom stereocenters. The van der Waals surface area contributed by atoms with Gasteiger partial charge in [-0.15, -0.1) is 0 Å². The number of carbonyl (C=O) groups is 2. The van der Waals surface area contributed by atoms with Gasteiger partial charge in [-0.1, -0.05) is 24.3 Å². The molecule has 1 aromatic carbocycles. The van der Waals surface area contributed by atoms with Crippen molar-refractivity contribution in [1.29, 1.82) is 0 Å². The summed E-state index contributed by atoms with van der Waals surface area (Å²) in [4.78, 5) is 26.5. The van der Waals surface area contributed by atoms with E-state index in [-0.39, 0.29) is 11.8 Å². The summed E-state index contributed by atoms with van der Waals surface area (Å²) >= 11 is 0. The quantitative estimate of drug-likeness (QED) is 0.766. The molecule has 0 spiro atoms. The van der Waals surface area contributed by atoms with Gasteiger partial charge >= 0.3 is 0 Å². The van der Waals surface area contributed by atoms with E-state index in [1.54, 1.807) is 4.68 Å². The third kappa shape index (κ3) is 5.29. The van der Waals surface area contributed by atoms with Crippen molar-refractivity contribution < 1.29 is 9.59 Å². The van der Waals surface area contributed by atoms with E-state index in [0.717, 1.165) is 57.3 Å². The van der Waals surface area contributed by atoms with Gasteiger partial charge in [-0.2, -0.15) is 5.10 Å². The molecule has 0 unspecified atom stereocenters. The Balaban J connectivity index is 1.22. The monoisotopic (exact) mass is 408 g/mol. The molecule has 30 heavy (non-hydrogen) atoms. The third-order valence-corrected chi connectivity index (χ3v) is 6.25. The molecule has 2 fully saturated rings. The number of piperidine rings is 1. The summed E-state index contributed by atoms with van der Waals surface area (Å²) in [6.07, 6.45) is 6.75. The summed E-state index contributed by atoms with van der Waals surface area (Å²) in [5.41, 5.74) is 4.11. The van der Waals surface area contributed by atoms with Crippen LogP contribution in [-0.4, -0.2) is 45.6 Å². The first-order chi connectivity index (χ1) is 14.5. The molecule has 0 bridgehead atoms. The minimum Gasteiger partial charge on any atom is -0.353 e. The summed E-state index contributed by atoms with van der Waals surface area (Å²) in [6.45, 7) is 3.53. The van der Waals surface area contributed by atoms with Crippen LogP contribution < -0.4 is 5.32 Å². The first-order valence-corrected chi connectivity index (χ1v) is 11.1. The van der Waals surface area contributed by atoms with Crippen molar-refractivity contribution in [3.63, 3.8) is 0 Å². The van der Waals surface area contributed by atoms with E-state index in [4.69, 9.17) is 0 Å². The first kappa shape index (κ1) is 20.6. The summed E-state index contributed by atoms with van der Waals surface area (Å²) in [5, 5.41) is 7.33. The highest BCUT2D eigenvalue weighted by atomic mass is 16.2. The van der Waals surface area contributed by atoms with Crippen LogP contribution in [0.15, 0.2) is 30.3 Å². The summed E-state index contributed by atoms with van der Waals surface area (Å²) in [7, 11) is 1.83. The van der Waals surface area contributed by atoms with E-state index in [1.807, 2.05) is 24.9 Å². The fourth-order valence-corrected chi connectivity index (χ4v) is 4.27. The van der Waals surface area contributed by atoms with E-state index in [1.165, 1.54) is 11.1 Å². The van der Waals surface area contributed by atoms with Crippen molar-refractivity contribution in [3.8, 4) is 0 Å². The molecular formula is C24H32N4O2. The van der Waals surface area contributed by atoms with Crippen LogP contribution in [0.3, 0.4) is 0 Å². The van der Waals surface area contributed by atoms with Crippen LogP contribution in [0.25, 0.3) is 0 Å². The molecule has 160 valence electrons. The number of nitrogens with zero attached hydrogens (tertiary/aromatic N) is 3. The second kappa shape index (κ2) is 9.02. The third-order valence-electron chi connectivity index (χ3n) is 6.25. The predicted molar refractivity (Wildman–Crippen MR) is 116 cm³/mol. The molecule has 6 heteroatoms. The van der Waals surface area contributed by atoms with Crippen molar-refractivity contribution in [3.05, 3.63) is 52.8 Å². The van der Waals surface area contributed by atoms with Gasteiger partial charge in [0.15, 0.2) is 0 Å². The predicted octanol–water partition coefficient (Wildman–Crippen LogP) is 3.03. The molecule has 2 aromatic rings. The van der Waals surface area contributed by atoms with Crippen molar-refractivity contribution in [2.24, 2.45) is 13.0 Å². The largest absolute Gasteiger partial charge is 0.353 e. The van der Waals surface area contributed by atoms with Gasteiger partial charge in [-0.25, -0.2) is 0 Å². The summed E-state index contributed by atoms with van der Waals surface area (Å²) in [6, 6.07) is 11.0. The Hall–Kier alpha value is -2.63. The number of hydrogen-bond donors (Lipinski definition) is 1. The second-order valence-corrected chi connectivity index (χ2v) is 8.89. The Labute approximate surface area is 178 Å². The zero-order valence-electron chi connectivity index (χ0n) is 18.1. The maximum Gasteiger partial charge on any atom is 0.272 e. The van der Waals surface area contributed by atoms with Gasteiger partial charge in [0.25, 0.3) is 5.91 Å². The summed E-state index contributed by atoms with van der Waals surface area (Å²) < 4.78 is 1.68. The minimum absolute atomic E-state index is 0.0895. The maximum atomic E-state index is 12.7. The molecular weight excluding hydrogens is 376 g/mol. The fraction of sp³-hybridized carbons (Fsp3) is 0.542.